The van der Waals surface area contributed by atoms with Gasteiger partial charge in [-0.15, -0.1) is 0 Å². The summed E-state index contributed by atoms with van der Waals surface area (Å²) in [6, 6.07) is 8.37. The Morgan fingerprint density at radius 1 is 1.00 bits per heavy atom. The molecule has 0 atom stereocenters. The number of hydrogen-bond donors (Lipinski definition) is 0. The van der Waals surface area contributed by atoms with Crippen molar-refractivity contribution >= 4 is 23.1 Å². The molecule has 1 aromatic carbocycles. The quantitative estimate of drug-likeness (QED) is 0.747. The first kappa shape index (κ1) is 10.5. The summed E-state index contributed by atoms with van der Waals surface area (Å²) < 4.78 is 3.93. The van der Waals surface area contributed by atoms with Crippen LogP contribution in [0, 0.1) is 19.6 Å². The molecule has 0 N–H and O–H groups in total. The molecule has 0 aliphatic carbocycles. The summed E-state index contributed by atoms with van der Waals surface area (Å²) in [6.45, 7) is 0. The molecular weight excluding hydrogens is 301 g/mol. The van der Waals surface area contributed by atoms with E-state index in [9.17, 15) is 0 Å². The van der Waals surface area contributed by atoms with Crippen molar-refractivity contribution in [2.75, 3.05) is 0 Å². The zero-order valence-corrected chi connectivity index (χ0v) is 9.42. The van der Waals surface area contributed by atoms with Gasteiger partial charge in [-0.05, 0) is 0 Å². The van der Waals surface area contributed by atoms with Crippen LogP contribution in [0.4, 0.5) is 0 Å². The zero-order valence-electron chi connectivity index (χ0n) is 6.35. The van der Waals surface area contributed by atoms with Crippen molar-refractivity contribution in [3.63, 3.8) is 0 Å². The molecule has 0 spiro atoms. The normalized spacial score (nSPS) is 13.4. The molecule has 1 rings (SSSR count). The van der Waals surface area contributed by atoms with E-state index in [2.05, 4.69) is 0 Å². The predicted octanol–water partition coefficient (Wildman–Crippen LogP) is 2.27. The first-order chi connectivity index (χ1) is 6.02. The van der Waals surface area contributed by atoms with Crippen LogP contribution in [0.25, 0.3) is 0 Å². The summed E-state index contributed by atoms with van der Waals surface area (Å²) in [4.78, 5) is 0. The summed E-state index contributed by atoms with van der Waals surface area (Å²) in [7, 11) is 11.8. The Morgan fingerprint density at radius 3 is 1.85 bits per heavy atom. The van der Waals surface area contributed by atoms with Crippen LogP contribution in [-0.4, -0.2) is 0 Å². The fraction of sp³-hybridized carbons (Fsp3) is 0. The Kier molecular flexibility index (Phi) is 2.67. The maximum absolute atomic E-state index is 8.83. The fourth-order valence-corrected chi connectivity index (χ4v) is 3.32. The number of nitrogens with zero attached hydrogens (tertiary/aromatic N) is 2. The molecule has 1 aromatic rings. The Bertz CT molecular complexity index is 384. The second-order valence-corrected chi connectivity index (χ2v) is 13.2. The molecule has 13 heavy (non-hydrogen) atoms. The standard InChI is InChI=1S/C6H5.2CN.2ClH.Pd/c1-2-4-6-5-3-1;2*1-2;;;/h1-5H;;;2*1H;/q;;;;;+2/p-2. The van der Waals surface area contributed by atoms with E-state index in [-0.39, 0.29) is 0 Å². The molecule has 0 radical (unpaired) electrons. The molecule has 71 valence electrons. The van der Waals surface area contributed by atoms with Crippen molar-refractivity contribution in [2.45, 2.75) is 0 Å². The second kappa shape index (κ2) is 3.30. The average molecular weight is 306 g/mol. The summed E-state index contributed by atoms with van der Waals surface area (Å²) in [5.41, 5.74) is 0. The van der Waals surface area contributed by atoms with Crippen molar-refractivity contribution in [2.24, 2.45) is 0 Å². The van der Waals surface area contributed by atoms with E-state index in [4.69, 9.17) is 29.6 Å². The topological polar surface area (TPSA) is 47.6 Å². The van der Waals surface area contributed by atoms with Crippen LogP contribution in [0.15, 0.2) is 30.3 Å². The van der Waals surface area contributed by atoms with Gasteiger partial charge in [0, 0.05) is 0 Å². The van der Waals surface area contributed by atoms with Crippen LogP contribution in [-0.2, 0) is 12.3 Å². The van der Waals surface area contributed by atoms with E-state index in [1.54, 1.807) is 39.4 Å². The molecule has 0 aromatic heterocycles. The van der Waals surface area contributed by atoms with Gasteiger partial charge < -0.3 is 0 Å². The van der Waals surface area contributed by atoms with Crippen LogP contribution < -0.4 is 4.04 Å². The van der Waals surface area contributed by atoms with Crippen LogP contribution in [0.3, 0.4) is 0 Å². The number of nitriles is 2. The van der Waals surface area contributed by atoms with Gasteiger partial charge in [-0.3, -0.25) is 0 Å². The predicted molar refractivity (Wildman–Crippen MR) is 49.0 cm³/mol. The van der Waals surface area contributed by atoms with Gasteiger partial charge in [0.15, 0.2) is 0 Å². The summed E-state index contributed by atoms with van der Waals surface area (Å²) in [6.07, 6.45) is 0. The van der Waals surface area contributed by atoms with Crippen LogP contribution in [0.2, 0.25) is 0 Å². The Balaban J connectivity index is 3.40. The third-order valence-corrected chi connectivity index (χ3v) is 7.49. The Hall–Kier alpha value is -0.558. The third kappa shape index (κ3) is 1.86. The molecular formula is C8H5Cl2N2Pd. The average Bonchev–Trinajstić information content (AvgIpc) is 2.20. The van der Waals surface area contributed by atoms with Crippen molar-refractivity contribution in [1.29, 1.82) is 10.5 Å². The van der Waals surface area contributed by atoms with Gasteiger partial charge in [-0.2, -0.15) is 0 Å². The van der Waals surface area contributed by atoms with E-state index < -0.39 is 12.3 Å². The molecule has 0 bridgehead atoms. The molecule has 0 aliphatic heterocycles. The minimum atomic E-state index is -4.34. The molecule has 0 fully saturated rings. The van der Waals surface area contributed by atoms with E-state index in [1.165, 1.54) is 0 Å². The molecule has 0 amide bonds. The maximum atomic E-state index is 8.83. The van der Waals surface area contributed by atoms with Gasteiger partial charge in [0.2, 0.25) is 0 Å². The summed E-state index contributed by atoms with van der Waals surface area (Å²) in [5.74, 6) is 0. The SMILES string of the molecule is N#[C][Pd]([Cl])([Cl])([C]#N)[c]1ccccc1. The fourth-order valence-electron chi connectivity index (χ4n) is 0.685. The molecule has 0 unspecified atom stereocenters. The monoisotopic (exact) mass is 305 g/mol. The molecule has 0 saturated heterocycles. The summed E-state index contributed by atoms with van der Waals surface area (Å²) in [5, 5.41) is 17.7. The number of benzene rings is 1. The molecule has 2 nitrogen and oxygen atoms in total. The third-order valence-electron chi connectivity index (χ3n) is 1.28. The van der Waals surface area contributed by atoms with Crippen LogP contribution in [0.5, 0.6) is 0 Å². The summed E-state index contributed by atoms with van der Waals surface area (Å²) >= 11 is -4.34. The number of hydrogen-bond acceptors (Lipinski definition) is 2. The first-order valence-corrected chi connectivity index (χ1v) is 9.41. The zero-order chi connectivity index (χ0) is 9.97. The van der Waals surface area contributed by atoms with Gasteiger partial charge in [0.1, 0.15) is 0 Å². The molecule has 0 heterocycles. The van der Waals surface area contributed by atoms with E-state index in [0.29, 0.717) is 4.04 Å². The van der Waals surface area contributed by atoms with Gasteiger partial charge in [-0.25, -0.2) is 0 Å². The minimum absolute atomic E-state index is 0.422. The van der Waals surface area contributed by atoms with Crippen LogP contribution >= 0.6 is 19.1 Å². The molecule has 0 saturated carbocycles. The Morgan fingerprint density at radius 2 is 1.46 bits per heavy atom. The molecule has 5 heteroatoms. The van der Waals surface area contributed by atoms with Crippen molar-refractivity contribution in [3.05, 3.63) is 30.3 Å². The number of rotatable bonds is 1. The van der Waals surface area contributed by atoms with E-state index in [0.717, 1.165) is 0 Å². The van der Waals surface area contributed by atoms with E-state index >= 15 is 0 Å². The number of halogens is 2. The van der Waals surface area contributed by atoms with Crippen molar-refractivity contribution < 1.29 is 12.3 Å². The second-order valence-electron chi connectivity index (χ2n) is 2.04. The van der Waals surface area contributed by atoms with Crippen molar-refractivity contribution in [1.82, 2.24) is 0 Å². The van der Waals surface area contributed by atoms with Gasteiger partial charge >= 0.3 is 85.3 Å². The van der Waals surface area contributed by atoms with Gasteiger partial charge in [0.05, 0.1) is 0 Å². The van der Waals surface area contributed by atoms with Gasteiger partial charge in [-0.1, -0.05) is 0 Å². The van der Waals surface area contributed by atoms with Crippen LogP contribution in [0.1, 0.15) is 0 Å². The van der Waals surface area contributed by atoms with Gasteiger partial charge in [0.25, 0.3) is 0 Å². The molecule has 0 aliphatic rings. The first-order valence-electron chi connectivity index (χ1n) is 3.07. The Labute approximate surface area is 85.1 Å². The van der Waals surface area contributed by atoms with Crippen molar-refractivity contribution in [3.8, 4) is 9.08 Å². The van der Waals surface area contributed by atoms with E-state index in [1.807, 2.05) is 0 Å².